The summed E-state index contributed by atoms with van der Waals surface area (Å²) < 4.78 is 0. The first-order valence-corrected chi connectivity index (χ1v) is 1.12. The second-order valence-electron chi connectivity index (χ2n) is 0.542. The molecular formula is C3H4O2. The van der Waals surface area contributed by atoms with E-state index >= 15 is 0 Å². The van der Waals surface area contributed by atoms with Gasteiger partial charge in [-0.3, -0.25) is 0 Å². The molecule has 1 N–H and O–H groups in total. The SMILES string of the molecule is C=CC(O)=[18O]. The number of carbonyl (C=O) groups is 1. The maximum atomic E-state index is 9.25. The van der Waals surface area contributed by atoms with E-state index in [-0.39, 0.29) is 0 Å². The molecular weight excluding hydrogens is 70.0 g/mol. The van der Waals surface area contributed by atoms with Crippen molar-refractivity contribution in [3.63, 3.8) is 0 Å². The minimum atomic E-state index is -0.981. The smallest absolute Gasteiger partial charge is 0.327 e. The molecule has 0 aromatic rings. The lowest BCUT2D eigenvalue weighted by molar-refractivity contribution is -0.131. The van der Waals surface area contributed by atoms with Crippen molar-refractivity contribution in [2.45, 2.75) is 0 Å². The summed E-state index contributed by atoms with van der Waals surface area (Å²) >= 11 is 0. The monoisotopic (exact) mass is 74.0 g/mol. The number of carboxylic acid groups (broad SMARTS) is 1. The summed E-state index contributed by atoms with van der Waals surface area (Å²) in [6, 6.07) is 0. The molecule has 0 saturated carbocycles. The number of hydrogen-bond donors (Lipinski definition) is 1. The molecule has 0 unspecified atom stereocenters. The van der Waals surface area contributed by atoms with Crippen molar-refractivity contribution in [2.75, 3.05) is 0 Å². The van der Waals surface area contributed by atoms with Crippen molar-refractivity contribution in [3.05, 3.63) is 12.7 Å². The molecule has 0 aliphatic carbocycles. The minimum Gasteiger partial charge on any atom is -0.478 e. The number of aliphatic carboxylic acids is 1. The minimum absolute atomic E-state index is 0.833. The summed E-state index contributed by atoms with van der Waals surface area (Å²) in [6.07, 6.45) is 0.833. The van der Waals surface area contributed by atoms with Crippen LogP contribution in [-0.2, 0) is 4.79 Å². The Morgan fingerprint density at radius 2 is 2.20 bits per heavy atom. The Bertz CT molecular complexity index is 55.9. The molecule has 5 heavy (non-hydrogen) atoms. The molecule has 0 spiro atoms. The van der Waals surface area contributed by atoms with Crippen LogP contribution in [0, 0.1) is 0 Å². The van der Waals surface area contributed by atoms with Gasteiger partial charge in [-0.1, -0.05) is 6.58 Å². The zero-order valence-electron chi connectivity index (χ0n) is 2.64. The Kier molecular flexibility index (Phi) is 1.28. The van der Waals surface area contributed by atoms with Crippen molar-refractivity contribution < 1.29 is 9.90 Å². The molecule has 0 amide bonds. The van der Waals surface area contributed by atoms with Crippen LogP contribution in [0.2, 0.25) is 0 Å². The number of rotatable bonds is 1. The normalized spacial score (nSPS) is 6.40. The zero-order valence-corrected chi connectivity index (χ0v) is 2.64. The van der Waals surface area contributed by atoms with Crippen LogP contribution in [0.3, 0.4) is 0 Å². The van der Waals surface area contributed by atoms with E-state index in [1.807, 2.05) is 0 Å². The molecule has 2 nitrogen and oxygen atoms in total. The second kappa shape index (κ2) is 1.52. The highest BCUT2D eigenvalue weighted by Crippen LogP contribution is 1.54. The van der Waals surface area contributed by atoms with E-state index in [0.29, 0.717) is 0 Å². The Morgan fingerprint density at radius 1 is 2.00 bits per heavy atom. The highest BCUT2D eigenvalue weighted by atomic mass is 18.1. The molecule has 0 aromatic carbocycles. The third kappa shape index (κ3) is 3.21. The van der Waals surface area contributed by atoms with Gasteiger partial charge in [0.2, 0.25) is 0 Å². The first-order chi connectivity index (χ1) is 2.27. The fourth-order valence-corrected chi connectivity index (χ4v) is 0. The van der Waals surface area contributed by atoms with E-state index in [2.05, 4.69) is 6.58 Å². The fraction of sp³-hybridized carbons (Fsp3) is 0. The van der Waals surface area contributed by atoms with Gasteiger partial charge in [-0.25, -0.2) is 4.79 Å². The first kappa shape index (κ1) is 4.21. The van der Waals surface area contributed by atoms with Gasteiger partial charge in [-0.2, -0.15) is 0 Å². The summed E-state index contributed by atoms with van der Waals surface area (Å²) in [5.74, 6) is -0.981. The molecule has 0 aliphatic rings. The molecule has 0 rings (SSSR count). The highest BCUT2D eigenvalue weighted by Gasteiger charge is 1.73. The van der Waals surface area contributed by atoms with Gasteiger partial charge in [-0.15, -0.1) is 0 Å². The summed E-state index contributed by atoms with van der Waals surface area (Å²) in [6.45, 7) is 2.96. The first-order valence-electron chi connectivity index (χ1n) is 1.12. The van der Waals surface area contributed by atoms with Crippen LogP contribution < -0.4 is 0 Å². The third-order valence-corrected chi connectivity index (χ3v) is 0.175. The van der Waals surface area contributed by atoms with Crippen LogP contribution in [-0.4, -0.2) is 11.1 Å². The molecule has 0 heterocycles. The lowest BCUT2D eigenvalue weighted by atomic mass is 10.7. The van der Waals surface area contributed by atoms with Crippen molar-refractivity contribution in [1.82, 2.24) is 0 Å². The van der Waals surface area contributed by atoms with E-state index in [1.165, 1.54) is 0 Å². The molecule has 0 aliphatic heterocycles. The number of carboxylic acids is 1. The Balaban J connectivity index is 3.20. The van der Waals surface area contributed by atoms with Crippen LogP contribution in [0.4, 0.5) is 0 Å². The molecule has 0 fully saturated rings. The Labute approximate surface area is 29.7 Å². The van der Waals surface area contributed by atoms with Crippen LogP contribution in [0.15, 0.2) is 12.7 Å². The van der Waals surface area contributed by atoms with E-state index in [0.717, 1.165) is 6.08 Å². The van der Waals surface area contributed by atoms with E-state index in [1.54, 1.807) is 0 Å². The Hall–Kier alpha value is -0.790. The van der Waals surface area contributed by atoms with E-state index in [4.69, 9.17) is 5.11 Å². The lowest BCUT2D eigenvalue weighted by Gasteiger charge is -1.64. The third-order valence-electron chi connectivity index (χ3n) is 0.175. The predicted molar refractivity (Wildman–Crippen MR) is 17.8 cm³/mol. The van der Waals surface area contributed by atoms with Crippen molar-refractivity contribution in [1.29, 1.82) is 0 Å². The fourth-order valence-electron chi connectivity index (χ4n) is 0. The van der Waals surface area contributed by atoms with Gasteiger partial charge < -0.3 is 5.11 Å². The molecule has 0 saturated heterocycles. The maximum Gasteiger partial charge on any atom is 0.327 e. The standard InChI is InChI=1S/C3H4O2/c1-2-3(4)5/h2H,1H2,(H,4,5)/i4+2. The summed E-state index contributed by atoms with van der Waals surface area (Å²) in [4.78, 5) is 9.25. The van der Waals surface area contributed by atoms with Gasteiger partial charge >= 0.3 is 5.97 Å². The van der Waals surface area contributed by atoms with E-state index in [9.17, 15) is 4.79 Å². The van der Waals surface area contributed by atoms with Gasteiger partial charge in [0.25, 0.3) is 0 Å². The molecule has 28 valence electrons. The summed E-state index contributed by atoms with van der Waals surface area (Å²) in [5.41, 5.74) is 0. The van der Waals surface area contributed by atoms with Gasteiger partial charge in [0.15, 0.2) is 0 Å². The zero-order chi connectivity index (χ0) is 4.28. The maximum absolute atomic E-state index is 9.25. The lowest BCUT2D eigenvalue weighted by Crippen LogP contribution is -1.82. The van der Waals surface area contributed by atoms with Gasteiger partial charge in [0, 0.05) is 6.08 Å². The predicted octanol–water partition coefficient (Wildman–Crippen LogP) is 0.257. The topological polar surface area (TPSA) is 37.3 Å². The highest BCUT2D eigenvalue weighted by molar-refractivity contribution is 5.78. The van der Waals surface area contributed by atoms with Crippen LogP contribution in [0.5, 0.6) is 0 Å². The molecule has 0 bridgehead atoms. The van der Waals surface area contributed by atoms with Crippen LogP contribution in [0.1, 0.15) is 0 Å². The molecule has 2 heteroatoms. The largest absolute Gasteiger partial charge is 0.478 e. The van der Waals surface area contributed by atoms with Crippen molar-refractivity contribution >= 4 is 5.97 Å². The average molecular weight is 74.1 g/mol. The quantitative estimate of drug-likeness (QED) is 0.357. The van der Waals surface area contributed by atoms with Crippen molar-refractivity contribution in [3.8, 4) is 0 Å². The molecule has 0 radical (unpaired) electrons. The summed E-state index contributed by atoms with van der Waals surface area (Å²) in [7, 11) is 0. The van der Waals surface area contributed by atoms with Gasteiger partial charge in [0.05, 0.1) is 0 Å². The van der Waals surface area contributed by atoms with E-state index < -0.39 is 5.97 Å². The Morgan fingerprint density at radius 3 is 2.20 bits per heavy atom. The second-order valence-corrected chi connectivity index (χ2v) is 0.542. The number of hydrogen-bond acceptors (Lipinski definition) is 1. The van der Waals surface area contributed by atoms with Crippen molar-refractivity contribution in [2.24, 2.45) is 0 Å². The van der Waals surface area contributed by atoms with Gasteiger partial charge in [-0.05, 0) is 0 Å². The summed E-state index contributed by atoms with van der Waals surface area (Å²) in [5, 5.41) is 7.60. The van der Waals surface area contributed by atoms with Crippen LogP contribution >= 0.6 is 0 Å². The molecule has 0 aromatic heterocycles. The van der Waals surface area contributed by atoms with Gasteiger partial charge in [0.1, 0.15) is 0 Å². The van der Waals surface area contributed by atoms with Crippen LogP contribution in [0.25, 0.3) is 0 Å². The average Bonchev–Trinajstić information content (AvgIpc) is 1.38. The molecule has 0 atom stereocenters.